The van der Waals surface area contributed by atoms with Gasteiger partial charge in [0.25, 0.3) is 0 Å². The Labute approximate surface area is 170 Å². The Morgan fingerprint density at radius 2 is 2.17 bits per heavy atom. The Morgan fingerprint density at radius 1 is 1.28 bits per heavy atom. The largest absolute Gasteiger partial charge is 0.457 e. The minimum atomic E-state index is -0.427. The monoisotopic (exact) mass is 388 g/mol. The molecular formula is C24H24N2O3. The smallest absolute Gasteiger partial charge is 0.374 e. The van der Waals surface area contributed by atoms with Crippen molar-refractivity contribution in [1.29, 1.82) is 0 Å². The topological polar surface area (TPSA) is 55.6 Å². The highest BCUT2D eigenvalue weighted by atomic mass is 16.6. The van der Waals surface area contributed by atoms with Gasteiger partial charge in [0, 0.05) is 23.7 Å². The second-order valence-electron chi connectivity index (χ2n) is 7.97. The maximum atomic E-state index is 12.8. The number of fused-ring (bicyclic) bond motifs is 4. The quantitative estimate of drug-likeness (QED) is 0.471. The molecule has 5 heterocycles. The molecule has 0 radical (unpaired) electrons. The molecule has 3 saturated heterocycles. The molecule has 6 rings (SSSR count). The lowest BCUT2D eigenvalue weighted by atomic mass is 9.73. The second kappa shape index (κ2) is 7.48. The molecule has 1 unspecified atom stereocenters. The van der Waals surface area contributed by atoms with Crippen molar-refractivity contribution in [2.75, 3.05) is 13.1 Å². The van der Waals surface area contributed by atoms with Crippen LogP contribution in [0.3, 0.4) is 0 Å². The lowest BCUT2D eigenvalue weighted by Gasteiger charge is -2.51. The minimum absolute atomic E-state index is 0.134. The fourth-order valence-electron chi connectivity index (χ4n) is 4.98. The van der Waals surface area contributed by atoms with E-state index in [-0.39, 0.29) is 17.9 Å². The maximum Gasteiger partial charge on any atom is 0.374 e. The number of rotatable bonds is 5. The summed E-state index contributed by atoms with van der Waals surface area (Å²) < 4.78 is 11.4. The number of piperidine rings is 3. The highest BCUT2D eigenvalue weighted by molar-refractivity contribution is 5.87. The molecule has 5 heteroatoms. The van der Waals surface area contributed by atoms with Gasteiger partial charge < -0.3 is 9.15 Å². The van der Waals surface area contributed by atoms with Gasteiger partial charge in [0.1, 0.15) is 6.10 Å². The number of para-hydroxylation sites is 1. The van der Waals surface area contributed by atoms with Gasteiger partial charge in [-0.05, 0) is 55.5 Å². The van der Waals surface area contributed by atoms with Crippen molar-refractivity contribution in [3.8, 4) is 0 Å². The van der Waals surface area contributed by atoms with Gasteiger partial charge in [-0.3, -0.25) is 9.88 Å². The third-order valence-corrected chi connectivity index (χ3v) is 6.45. The molecule has 148 valence electrons. The molecule has 3 aromatic rings. The van der Waals surface area contributed by atoms with E-state index in [1.807, 2.05) is 30.3 Å². The number of carbonyl (C=O) groups is 1. The summed E-state index contributed by atoms with van der Waals surface area (Å²) in [6.07, 6.45) is 7.16. The zero-order valence-corrected chi connectivity index (χ0v) is 16.2. The fraction of sp³-hybridized carbons (Fsp3) is 0.333. The van der Waals surface area contributed by atoms with E-state index in [0.717, 1.165) is 36.0 Å². The number of pyridine rings is 1. The number of furan rings is 1. The van der Waals surface area contributed by atoms with Crippen LogP contribution in [0.25, 0.3) is 10.9 Å². The van der Waals surface area contributed by atoms with E-state index in [2.05, 4.69) is 22.5 Å². The summed E-state index contributed by atoms with van der Waals surface area (Å²) in [6.45, 7) is 6.02. The number of ether oxygens (including phenoxy) is 1. The van der Waals surface area contributed by atoms with E-state index in [0.29, 0.717) is 11.8 Å². The minimum Gasteiger partial charge on any atom is -0.457 e. The predicted octanol–water partition coefficient (Wildman–Crippen LogP) is 4.62. The standard InChI is InChI=1S/C24H24N2O3/c1-2-16-15-26-12-10-17(16)14-21(26)23(29-24(27)22-8-5-13-28-22)19-9-11-25-20-7-4-3-6-18(19)20/h2-9,11,13,16-17,21,23H,1,10,12,14-15H2/t16-,17+,21+,23-/m1/s1. The van der Waals surface area contributed by atoms with Gasteiger partial charge in [0.2, 0.25) is 5.76 Å². The highest BCUT2D eigenvalue weighted by Gasteiger charge is 2.44. The van der Waals surface area contributed by atoms with E-state index >= 15 is 0 Å². The van der Waals surface area contributed by atoms with Crippen LogP contribution in [0.1, 0.15) is 35.1 Å². The lowest BCUT2D eigenvalue weighted by molar-refractivity contribution is -0.0578. The van der Waals surface area contributed by atoms with Crippen molar-refractivity contribution in [3.05, 3.63) is 78.9 Å². The Hall–Kier alpha value is -2.92. The molecular weight excluding hydrogens is 364 g/mol. The van der Waals surface area contributed by atoms with E-state index in [1.165, 1.54) is 12.7 Å². The summed E-state index contributed by atoms with van der Waals surface area (Å²) in [5.41, 5.74) is 1.91. The van der Waals surface area contributed by atoms with Crippen LogP contribution >= 0.6 is 0 Å². The molecule has 0 aliphatic carbocycles. The first-order chi connectivity index (χ1) is 14.2. The van der Waals surface area contributed by atoms with E-state index < -0.39 is 5.97 Å². The zero-order chi connectivity index (χ0) is 19.8. The molecule has 2 aromatic heterocycles. The first kappa shape index (κ1) is 18.1. The number of hydrogen-bond donors (Lipinski definition) is 0. The third kappa shape index (κ3) is 3.25. The van der Waals surface area contributed by atoms with Gasteiger partial charge in [0.05, 0.1) is 17.8 Å². The van der Waals surface area contributed by atoms with E-state index in [9.17, 15) is 4.79 Å². The second-order valence-corrected chi connectivity index (χ2v) is 7.97. The Bertz CT molecular complexity index is 1020. The molecule has 1 aromatic carbocycles. The molecule has 5 atom stereocenters. The van der Waals surface area contributed by atoms with Crippen LogP contribution in [0, 0.1) is 11.8 Å². The maximum absolute atomic E-state index is 12.8. The van der Waals surface area contributed by atoms with Crippen molar-refractivity contribution in [1.82, 2.24) is 9.88 Å². The predicted molar refractivity (Wildman–Crippen MR) is 110 cm³/mol. The van der Waals surface area contributed by atoms with Crippen molar-refractivity contribution in [2.45, 2.75) is 25.0 Å². The SMILES string of the molecule is C=C[C@@H]1CN2CC[C@H]1C[C@H]2[C@H](OC(=O)c1ccco1)c1ccnc2ccccc12. The first-order valence-electron chi connectivity index (χ1n) is 10.2. The van der Waals surface area contributed by atoms with Crippen LogP contribution in [0.5, 0.6) is 0 Å². The van der Waals surface area contributed by atoms with Crippen LogP contribution in [0.4, 0.5) is 0 Å². The average Bonchev–Trinajstić information content (AvgIpc) is 3.32. The number of carbonyl (C=O) groups excluding carboxylic acids is 1. The molecule has 29 heavy (non-hydrogen) atoms. The molecule has 5 nitrogen and oxygen atoms in total. The normalized spacial score (nSPS) is 26.9. The Balaban J connectivity index is 1.55. The summed E-state index contributed by atoms with van der Waals surface area (Å²) in [6, 6.07) is 13.5. The van der Waals surface area contributed by atoms with Crippen molar-refractivity contribution >= 4 is 16.9 Å². The van der Waals surface area contributed by atoms with Gasteiger partial charge in [-0.25, -0.2) is 4.79 Å². The van der Waals surface area contributed by atoms with Gasteiger partial charge >= 0.3 is 5.97 Å². The van der Waals surface area contributed by atoms with Crippen LogP contribution in [-0.2, 0) is 4.74 Å². The van der Waals surface area contributed by atoms with E-state index in [4.69, 9.17) is 9.15 Å². The number of hydrogen-bond acceptors (Lipinski definition) is 5. The molecule has 0 N–H and O–H groups in total. The number of nitrogens with zero attached hydrogens (tertiary/aromatic N) is 2. The lowest BCUT2D eigenvalue weighted by Crippen LogP contribution is -2.55. The molecule has 0 saturated carbocycles. The van der Waals surface area contributed by atoms with Crippen molar-refractivity contribution in [3.63, 3.8) is 0 Å². The van der Waals surface area contributed by atoms with Crippen molar-refractivity contribution in [2.24, 2.45) is 11.8 Å². The first-order valence-corrected chi connectivity index (χ1v) is 10.2. The summed E-state index contributed by atoms with van der Waals surface area (Å²) in [4.78, 5) is 19.8. The van der Waals surface area contributed by atoms with Crippen LogP contribution in [0.2, 0.25) is 0 Å². The zero-order valence-electron chi connectivity index (χ0n) is 16.2. The number of aromatic nitrogens is 1. The molecule has 2 bridgehead atoms. The Morgan fingerprint density at radius 3 is 2.93 bits per heavy atom. The van der Waals surface area contributed by atoms with Gasteiger partial charge in [-0.1, -0.05) is 24.3 Å². The average molecular weight is 388 g/mol. The fourth-order valence-corrected chi connectivity index (χ4v) is 4.98. The van der Waals surface area contributed by atoms with Crippen LogP contribution in [-0.4, -0.2) is 35.0 Å². The van der Waals surface area contributed by atoms with Gasteiger partial charge in [0.15, 0.2) is 0 Å². The molecule has 0 spiro atoms. The molecule has 3 fully saturated rings. The van der Waals surface area contributed by atoms with Gasteiger partial charge in [-0.15, -0.1) is 6.58 Å². The van der Waals surface area contributed by atoms with Crippen LogP contribution in [0.15, 0.2) is 72.0 Å². The highest BCUT2D eigenvalue weighted by Crippen LogP contribution is 2.43. The molecule has 3 aliphatic rings. The third-order valence-electron chi connectivity index (χ3n) is 6.45. The molecule has 3 aliphatic heterocycles. The van der Waals surface area contributed by atoms with Gasteiger partial charge in [-0.2, -0.15) is 0 Å². The van der Waals surface area contributed by atoms with Crippen LogP contribution < -0.4 is 0 Å². The van der Waals surface area contributed by atoms with E-state index in [1.54, 1.807) is 18.3 Å². The molecule has 0 amide bonds. The summed E-state index contributed by atoms with van der Waals surface area (Å²) in [5.74, 6) is 0.896. The van der Waals surface area contributed by atoms with Crippen molar-refractivity contribution < 1.29 is 13.9 Å². The summed E-state index contributed by atoms with van der Waals surface area (Å²) in [5, 5.41) is 1.02. The summed E-state index contributed by atoms with van der Waals surface area (Å²) >= 11 is 0. The summed E-state index contributed by atoms with van der Waals surface area (Å²) in [7, 11) is 0. The Kier molecular flexibility index (Phi) is 4.68. The number of esters is 1. The number of benzene rings is 1.